The Morgan fingerprint density at radius 1 is 1.43 bits per heavy atom. The quantitative estimate of drug-likeness (QED) is 0.454. The number of hydrogen-bond donors (Lipinski definition) is 2. The highest BCUT2D eigenvalue weighted by Gasteiger charge is 2.12. The molecule has 1 aromatic carbocycles. The first kappa shape index (κ1) is 9.52. The molecule has 2 N–H and O–H groups in total. The van der Waals surface area contributed by atoms with E-state index < -0.39 is 5.50 Å². The molecule has 3 nitrogen and oxygen atoms in total. The zero-order valence-electron chi connectivity index (χ0n) is 7.74. The smallest absolute Gasteiger partial charge is 0.133 e. The third-order valence-electron chi connectivity index (χ3n) is 2.31. The first-order chi connectivity index (χ1) is 6.74. The van der Waals surface area contributed by atoms with Gasteiger partial charge in [0.1, 0.15) is 5.50 Å². The summed E-state index contributed by atoms with van der Waals surface area (Å²) in [6.45, 7) is 0. The molecule has 0 radical (unpaired) electrons. The SMILES string of the molecule is Cn1cc(C(Cl)NO)c2ccccc21. The van der Waals surface area contributed by atoms with Crippen molar-refractivity contribution in [2.45, 2.75) is 5.50 Å². The van der Waals surface area contributed by atoms with Gasteiger partial charge >= 0.3 is 0 Å². The van der Waals surface area contributed by atoms with Crippen LogP contribution in [-0.4, -0.2) is 9.77 Å². The zero-order chi connectivity index (χ0) is 10.1. The van der Waals surface area contributed by atoms with Gasteiger partial charge in [0.2, 0.25) is 0 Å². The van der Waals surface area contributed by atoms with Crippen molar-refractivity contribution >= 4 is 22.5 Å². The van der Waals surface area contributed by atoms with Crippen LogP contribution in [0, 0.1) is 0 Å². The standard InChI is InChI=1S/C10H11ClN2O/c1-13-6-8(10(11)12-14)7-4-2-3-5-9(7)13/h2-6,10,12,14H,1H3. The third-order valence-corrected chi connectivity index (χ3v) is 2.65. The average Bonchev–Trinajstić information content (AvgIpc) is 2.56. The number of alkyl halides is 1. The fourth-order valence-corrected chi connectivity index (χ4v) is 1.82. The Hall–Kier alpha value is -1.03. The van der Waals surface area contributed by atoms with Crippen LogP contribution in [0.5, 0.6) is 0 Å². The normalized spacial score (nSPS) is 13.4. The lowest BCUT2D eigenvalue weighted by molar-refractivity contribution is 0.155. The first-order valence-corrected chi connectivity index (χ1v) is 4.75. The van der Waals surface area contributed by atoms with Crippen LogP contribution in [0.15, 0.2) is 30.5 Å². The van der Waals surface area contributed by atoms with E-state index in [1.54, 1.807) is 0 Å². The maximum Gasteiger partial charge on any atom is 0.133 e. The van der Waals surface area contributed by atoms with Gasteiger partial charge < -0.3 is 9.77 Å². The lowest BCUT2D eigenvalue weighted by Crippen LogP contribution is -2.10. The Bertz CT molecular complexity index is 452. The van der Waals surface area contributed by atoms with E-state index in [0.29, 0.717) is 0 Å². The number of aromatic nitrogens is 1. The summed E-state index contributed by atoms with van der Waals surface area (Å²) in [7, 11) is 1.95. The Balaban J connectivity index is 2.66. The van der Waals surface area contributed by atoms with Crippen LogP contribution in [0.3, 0.4) is 0 Å². The van der Waals surface area contributed by atoms with Gasteiger partial charge in [0.15, 0.2) is 0 Å². The van der Waals surface area contributed by atoms with Gasteiger partial charge in [0.05, 0.1) is 0 Å². The summed E-state index contributed by atoms with van der Waals surface area (Å²) in [5.41, 5.74) is 3.45. The molecule has 1 atom stereocenters. The van der Waals surface area contributed by atoms with Gasteiger partial charge in [-0.3, -0.25) is 0 Å². The molecule has 4 heteroatoms. The maximum absolute atomic E-state index is 8.77. The fourth-order valence-electron chi connectivity index (χ4n) is 1.64. The van der Waals surface area contributed by atoms with Crippen molar-refractivity contribution in [1.29, 1.82) is 0 Å². The molecule has 1 heterocycles. The predicted molar refractivity (Wildman–Crippen MR) is 56.4 cm³/mol. The van der Waals surface area contributed by atoms with E-state index in [9.17, 15) is 0 Å². The first-order valence-electron chi connectivity index (χ1n) is 4.31. The average molecular weight is 211 g/mol. The Morgan fingerprint density at radius 3 is 2.86 bits per heavy atom. The van der Waals surface area contributed by atoms with Crippen LogP contribution in [0.25, 0.3) is 10.9 Å². The van der Waals surface area contributed by atoms with E-state index in [-0.39, 0.29) is 0 Å². The van der Waals surface area contributed by atoms with Crippen LogP contribution in [0.4, 0.5) is 0 Å². The molecule has 0 aliphatic rings. The van der Waals surface area contributed by atoms with E-state index >= 15 is 0 Å². The molecule has 0 fully saturated rings. The van der Waals surface area contributed by atoms with Crippen LogP contribution < -0.4 is 5.48 Å². The molecule has 0 aliphatic heterocycles. The van der Waals surface area contributed by atoms with Gasteiger partial charge in [0, 0.05) is 29.7 Å². The van der Waals surface area contributed by atoms with Gasteiger partial charge in [-0.1, -0.05) is 29.8 Å². The molecule has 2 aromatic rings. The summed E-state index contributed by atoms with van der Waals surface area (Å²) in [6, 6.07) is 7.92. The zero-order valence-corrected chi connectivity index (χ0v) is 8.49. The van der Waals surface area contributed by atoms with Gasteiger partial charge in [-0.15, -0.1) is 0 Å². The molecule has 0 aliphatic carbocycles. The Morgan fingerprint density at radius 2 is 2.14 bits per heavy atom. The summed E-state index contributed by atoms with van der Waals surface area (Å²) in [5.74, 6) is 0. The molecule has 74 valence electrons. The number of hydroxylamine groups is 1. The van der Waals surface area contributed by atoms with Crippen molar-refractivity contribution in [2.24, 2.45) is 7.05 Å². The van der Waals surface area contributed by atoms with Crippen molar-refractivity contribution in [1.82, 2.24) is 10.0 Å². The number of nitrogens with one attached hydrogen (secondary N) is 1. The minimum atomic E-state index is -0.568. The summed E-state index contributed by atoms with van der Waals surface area (Å²) >= 11 is 5.91. The molecular formula is C10H11ClN2O. The molecule has 0 spiro atoms. The summed E-state index contributed by atoms with van der Waals surface area (Å²) in [5, 5.41) is 9.82. The van der Waals surface area contributed by atoms with E-state index in [1.807, 2.05) is 47.6 Å². The van der Waals surface area contributed by atoms with Crippen LogP contribution in [0.2, 0.25) is 0 Å². The predicted octanol–water partition coefficient (Wildman–Crippen LogP) is 2.39. The van der Waals surface area contributed by atoms with Gasteiger partial charge in [-0.2, -0.15) is 5.48 Å². The Kier molecular flexibility index (Phi) is 2.46. The molecule has 0 saturated heterocycles. The largest absolute Gasteiger partial charge is 0.350 e. The maximum atomic E-state index is 8.77. The molecule has 0 bridgehead atoms. The van der Waals surface area contributed by atoms with Crippen LogP contribution in [0.1, 0.15) is 11.1 Å². The lowest BCUT2D eigenvalue weighted by Gasteiger charge is -2.04. The highest BCUT2D eigenvalue weighted by molar-refractivity contribution is 6.21. The van der Waals surface area contributed by atoms with E-state index in [1.165, 1.54) is 0 Å². The van der Waals surface area contributed by atoms with Crippen molar-refractivity contribution < 1.29 is 5.21 Å². The highest BCUT2D eigenvalue weighted by Crippen LogP contribution is 2.27. The van der Waals surface area contributed by atoms with E-state index in [2.05, 4.69) is 0 Å². The summed E-state index contributed by atoms with van der Waals surface area (Å²) in [6.07, 6.45) is 1.91. The van der Waals surface area contributed by atoms with Gasteiger partial charge in [0.25, 0.3) is 0 Å². The second kappa shape index (κ2) is 3.61. The minimum absolute atomic E-state index is 0.568. The fraction of sp³-hybridized carbons (Fsp3) is 0.200. The Labute approximate surface area is 86.9 Å². The number of nitrogens with zero attached hydrogens (tertiary/aromatic N) is 1. The van der Waals surface area contributed by atoms with Crippen molar-refractivity contribution in [3.63, 3.8) is 0 Å². The molecular weight excluding hydrogens is 200 g/mol. The molecule has 1 unspecified atom stereocenters. The third kappa shape index (κ3) is 1.39. The summed E-state index contributed by atoms with van der Waals surface area (Å²) < 4.78 is 1.98. The van der Waals surface area contributed by atoms with Gasteiger partial charge in [-0.05, 0) is 6.07 Å². The highest BCUT2D eigenvalue weighted by atomic mass is 35.5. The number of benzene rings is 1. The van der Waals surface area contributed by atoms with Crippen LogP contribution >= 0.6 is 11.6 Å². The number of hydrogen-bond acceptors (Lipinski definition) is 2. The van der Waals surface area contributed by atoms with Crippen molar-refractivity contribution in [3.8, 4) is 0 Å². The monoisotopic (exact) mass is 210 g/mol. The number of fused-ring (bicyclic) bond motifs is 1. The van der Waals surface area contributed by atoms with Gasteiger partial charge in [-0.25, -0.2) is 0 Å². The second-order valence-corrected chi connectivity index (χ2v) is 3.64. The molecule has 1 aromatic heterocycles. The number of aryl methyl sites for hydroxylation is 1. The summed E-state index contributed by atoms with van der Waals surface area (Å²) in [4.78, 5) is 0. The molecule has 0 saturated carbocycles. The second-order valence-electron chi connectivity index (χ2n) is 3.20. The molecule has 2 rings (SSSR count). The van der Waals surface area contributed by atoms with Crippen molar-refractivity contribution in [3.05, 3.63) is 36.0 Å². The lowest BCUT2D eigenvalue weighted by atomic mass is 10.2. The van der Waals surface area contributed by atoms with Crippen LogP contribution in [-0.2, 0) is 7.05 Å². The number of rotatable bonds is 2. The minimum Gasteiger partial charge on any atom is -0.350 e. The molecule has 0 amide bonds. The number of halogens is 1. The topological polar surface area (TPSA) is 37.2 Å². The van der Waals surface area contributed by atoms with E-state index in [4.69, 9.17) is 16.8 Å². The number of para-hydroxylation sites is 1. The molecule has 14 heavy (non-hydrogen) atoms. The van der Waals surface area contributed by atoms with E-state index in [0.717, 1.165) is 16.5 Å². The van der Waals surface area contributed by atoms with Crippen molar-refractivity contribution in [2.75, 3.05) is 0 Å².